The fourth-order valence-corrected chi connectivity index (χ4v) is 2.34. The Labute approximate surface area is 134 Å². The standard InChI is InChI=1S/C15H13NO2.ClHO4/c17-16-13-8-4-7-12-9-10-14(18-15(12)13)11-5-2-1-3-6-11;2-1(3,4)5/h1-3,5-6,9-10H,4,7-8H2;(H,2,3,4,5). The molecule has 1 aliphatic carbocycles. The summed E-state index contributed by atoms with van der Waals surface area (Å²) in [5.41, 5.74) is 2.80. The highest BCUT2D eigenvalue weighted by atomic mass is 35.7. The molecule has 23 heavy (non-hydrogen) atoms. The number of rotatable bonds is 2. The van der Waals surface area contributed by atoms with E-state index in [1.54, 1.807) is 0 Å². The molecule has 0 fully saturated rings. The number of hydrogen-bond donors (Lipinski definition) is 1. The van der Waals surface area contributed by atoms with E-state index in [1.165, 1.54) is 0 Å². The highest BCUT2D eigenvalue weighted by Crippen LogP contribution is 2.34. The number of fused-ring (bicyclic) bond motifs is 1. The van der Waals surface area contributed by atoms with Gasteiger partial charge in [-0.2, -0.15) is 0 Å². The van der Waals surface area contributed by atoms with Gasteiger partial charge in [0.15, 0.2) is 0 Å². The van der Waals surface area contributed by atoms with E-state index in [4.69, 9.17) is 23.4 Å². The van der Waals surface area contributed by atoms with Crippen LogP contribution in [0.5, 0.6) is 0 Å². The van der Waals surface area contributed by atoms with Crippen molar-refractivity contribution in [2.75, 3.05) is 0 Å². The normalized spacial score (nSPS) is 17.0. The fourth-order valence-electron chi connectivity index (χ4n) is 2.34. The fraction of sp³-hybridized carbons (Fsp3) is 0.200. The van der Waals surface area contributed by atoms with E-state index in [0.29, 0.717) is 5.70 Å². The lowest BCUT2D eigenvalue weighted by molar-refractivity contribution is -2.00. The summed E-state index contributed by atoms with van der Waals surface area (Å²) in [5.74, 6) is 1.52. The molecule has 8 heteroatoms. The first-order valence-electron chi connectivity index (χ1n) is 6.76. The van der Waals surface area contributed by atoms with Gasteiger partial charge in [-0.1, -0.05) is 36.4 Å². The van der Waals surface area contributed by atoms with Gasteiger partial charge in [0.05, 0.1) is 0 Å². The van der Waals surface area contributed by atoms with Crippen molar-refractivity contribution >= 4 is 5.76 Å². The van der Waals surface area contributed by atoms with Gasteiger partial charge in [0.25, 0.3) is 5.70 Å². The van der Waals surface area contributed by atoms with E-state index < -0.39 is 10.2 Å². The third-order valence-corrected chi connectivity index (χ3v) is 3.27. The summed E-state index contributed by atoms with van der Waals surface area (Å²) in [4.78, 5) is 10.9. The summed E-state index contributed by atoms with van der Waals surface area (Å²) in [6, 6.07) is 9.91. The molecule has 0 bridgehead atoms. The van der Waals surface area contributed by atoms with Gasteiger partial charge in [-0.25, -0.2) is 18.6 Å². The number of allylic oxidation sites excluding steroid dienone is 4. The van der Waals surface area contributed by atoms with Gasteiger partial charge < -0.3 is 4.74 Å². The van der Waals surface area contributed by atoms with Crippen LogP contribution < -0.4 is 23.8 Å². The summed E-state index contributed by atoms with van der Waals surface area (Å²) >= 11 is 0. The number of nitrogens with one attached hydrogen (secondary N) is 1. The van der Waals surface area contributed by atoms with Crippen LogP contribution >= 0.6 is 0 Å². The van der Waals surface area contributed by atoms with E-state index in [-0.39, 0.29) is 0 Å². The predicted octanol–water partition coefficient (Wildman–Crippen LogP) is -2.53. The quantitative estimate of drug-likeness (QED) is 0.631. The maximum absolute atomic E-state index is 10.9. The van der Waals surface area contributed by atoms with Gasteiger partial charge in [0.1, 0.15) is 5.76 Å². The topological polar surface area (TPSA) is 133 Å². The van der Waals surface area contributed by atoms with E-state index >= 15 is 0 Å². The number of benzene rings is 1. The van der Waals surface area contributed by atoms with Crippen molar-refractivity contribution in [1.29, 1.82) is 0 Å². The molecule has 0 atom stereocenters. The maximum Gasteiger partial charge on any atom is 0.272 e. The Balaban J connectivity index is 0.000000338. The largest absolute Gasteiger partial charge is 0.450 e. The second-order valence-electron chi connectivity index (χ2n) is 4.83. The van der Waals surface area contributed by atoms with Crippen molar-refractivity contribution in [1.82, 2.24) is 0 Å². The molecule has 1 aromatic rings. The lowest BCUT2D eigenvalue weighted by atomic mass is 9.95. The number of ether oxygens (including phenoxy) is 1. The second-order valence-corrected chi connectivity index (χ2v) is 5.59. The third kappa shape index (κ3) is 5.27. The van der Waals surface area contributed by atoms with Crippen molar-refractivity contribution in [3.8, 4) is 0 Å². The molecule has 122 valence electrons. The summed E-state index contributed by atoms with van der Waals surface area (Å²) in [6.07, 6.45) is 6.76. The Morgan fingerprint density at radius 2 is 1.65 bits per heavy atom. The molecule has 0 amide bonds. The molecule has 0 unspecified atom stereocenters. The molecular formula is C15H14ClNO6. The Kier molecular flexibility index (Phi) is 5.64. The molecule has 1 aromatic carbocycles. The van der Waals surface area contributed by atoms with Gasteiger partial charge in [0, 0.05) is 27.6 Å². The van der Waals surface area contributed by atoms with E-state index in [0.717, 1.165) is 41.9 Å². The summed E-state index contributed by atoms with van der Waals surface area (Å²) in [5, 5.41) is 2.01. The minimum atomic E-state index is -4.94. The van der Waals surface area contributed by atoms with Crippen LogP contribution in [-0.2, 0) is 4.74 Å². The van der Waals surface area contributed by atoms with Crippen LogP contribution in [0.3, 0.4) is 0 Å². The lowest BCUT2D eigenvalue weighted by Crippen LogP contribution is -2.68. The Bertz CT molecular complexity index is 654. The van der Waals surface area contributed by atoms with E-state index in [1.807, 2.05) is 41.6 Å². The average molecular weight is 340 g/mol. The SMILES string of the molecule is O=[NH+]C1=C2OC(c3ccccc3)=CC=C2CCC1.[O-][Cl+3]([O-])([O-])[O-]. The first-order chi connectivity index (χ1) is 10.9. The molecule has 0 spiro atoms. The van der Waals surface area contributed by atoms with E-state index in [2.05, 4.69) is 6.08 Å². The molecule has 3 rings (SSSR count). The molecule has 2 aliphatic rings. The highest BCUT2D eigenvalue weighted by molar-refractivity contribution is 5.65. The predicted molar refractivity (Wildman–Crippen MR) is 68.8 cm³/mol. The zero-order valence-corrected chi connectivity index (χ0v) is 12.7. The molecule has 1 aliphatic heterocycles. The van der Waals surface area contributed by atoms with E-state index in [9.17, 15) is 4.91 Å². The first kappa shape index (κ1) is 17.3. The summed E-state index contributed by atoms with van der Waals surface area (Å²) in [6.45, 7) is 0. The van der Waals surface area contributed by atoms with Crippen LogP contribution in [0.4, 0.5) is 0 Å². The summed E-state index contributed by atoms with van der Waals surface area (Å²) < 4.78 is 39.9. The number of hydrogen-bond acceptors (Lipinski definition) is 6. The van der Waals surface area contributed by atoms with Crippen molar-refractivity contribution < 1.29 is 38.8 Å². The van der Waals surface area contributed by atoms with Gasteiger partial charge in [0.2, 0.25) is 5.76 Å². The second kappa shape index (κ2) is 7.49. The number of nitroso groups, excluding NO2 is 1. The molecule has 0 saturated carbocycles. The first-order valence-corrected chi connectivity index (χ1v) is 7.99. The number of halogens is 1. The minimum Gasteiger partial charge on any atom is -0.450 e. The van der Waals surface area contributed by atoms with Crippen LogP contribution in [0.1, 0.15) is 24.8 Å². The molecule has 0 saturated heterocycles. The molecule has 0 radical (unpaired) electrons. The van der Waals surface area contributed by atoms with Crippen LogP contribution in [0.2, 0.25) is 0 Å². The van der Waals surface area contributed by atoms with Crippen molar-refractivity contribution in [2.24, 2.45) is 0 Å². The van der Waals surface area contributed by atoms with Crippen molar-refractivity contribution in [3.63, 3.8) is 0 Å². The molecule has 1 heterocycles. The van der Waals surface area contributed by atoms with Crippen LogP contribution in [0.25, 0.3) is 5.76 Å². The Morgan fingerprint density at radius 3 is 2.26 bits per heavy atom. The third-order valence-electron chi connectivity index (χ3n) is 3.27. The highest BCUT2D eigenvalue weighted by Gasteiger charge is 2.27. The maximum atomic E-state index is 10.9. The Hall–Kier alpha value is -2.03. The molecule has 7 nitrogen and oxygen atoms in total. The van der Waals surface area contributed by atoms with Crippen LogP contribution in [0.15, 0.2) is 59.5 Å². The monoisotopic (exact) mass is 339 g/mol. The van der Waals surface area contributed by atoms with Gasteiger partial charge >= 0.3 is 0 Å². The van der Waals surface area contributed by atoms with Crippen molar-refractivity contribution in [2.45, 2.75) is 19.3 Å². The van der Waals surface area contributed by atoms with Gasteiger partial charge in [-0.05, 0) is 18.9 Å². The van der Waals surface area contributed by atoms with Crippen LogP contribution in [-0.4, -0.2) is 0 Å². The van der Waals surface area contributed by atoms with Gasteiger partial charge in [-0.15, -0.1) is 10.2 Å². The zero-order valence-electron chi connectivity index (χ0n) is 12.0. The average Bonchev–Trinajstić information content (AvgIpc) is 2.53. The minimum absolute atomic E-state index is 0.661. The van der Waals surface area contributed by atoms with Gasteiger partial charge in [-0.3, -0.25) is 0 Å². The Morgan fingerprint density at radius 1 is 1.00 bits per heavy atom. The van der Waals surface area contributed by atoms with Crippen molar-refractivity contribution in [3.05, 3.63) is 70.0 Å². The molecule has 0 aromatic heterocycles. The molecular weight excluding hydrogens is 326 g/mol. The lowest BCUT2D eigenvalue weighted by Gasteiger charge is -2.21. The summed E-state index contributed by atoms with van der Waals surface area (Å²) in [7, 11) is -4.94. The zero-order chi connectivity index (χ0) is 16.9. The molecule has 1 N–H and O–H groups in total. The van der Waals surface area contributed by atoms with Crippen LogP contribution in [0, 0.1) is 15.2 Å². The smallest absolute Gasteiger partial charge is 0.272 e.